The van der Waals surface area contributed by atoms with Gasteiger partial charge in [-0.05, 0) is 30.2 Å². The van der Waals surface area contributed by atoms with Crippen molar-refractivity contribution in [2.45, 2.75) is 19.4 Å². The fourth-order valence-electron chi connectivity index (χ4n) is 2.60. The first-order valence-electron chi connectivity index (χ1n) is 7.27. The van der Waals surface area contributed by atoms with Crippen molar-refractivity contribution < 1.29 is 13.9 Å². The van der Waals surface area contributed by atoms with Gasteiger partial charge in [-0.1, -0.05) is 12.1 Å². The maximum Gasteiger partial charge on any atom is 0.228 e. The van der Waals surface area contributed by atoms with E-state index in [1.807, 2.05) is 0 Å². The van der Waals surface area contributed by atoms with E-state index in [1.54, 1.807) is 36.2 Å². The first-order valence-corrected chi connectivity index (χ1v) is 7.27. The van der Waals surface area contributed by atoms with Crippen LogP contribution >= 0.6 is 0 Å². The molecule has 1 atom stereocenters. The first kappa shape index (κ1) is 14.7. The topological polar surface area (TPSA) is 58.2 Å². The molecule has 3 rings (SSSR count). The maximum absolute atomic E-state index is 13.4. The third kappa shape index (κ3) is 3.17. The van der Waals surface area contributed by atoms with Gasteiger partial charge in [0.15, 0.2) is 0 Å². The second kappa shape index (κ2) is 6.27. The molecule has 1 aromatic carbocycles. The molecule has 5 nitrogen and oxygen atoms in total. The number of carbonyl (C=O) groups excluding carboxylic acids is 1. The molecule has 0 aliphatic carbocycles. The van der Waals surface area contributed by atoms with Gasteiger partial charge in [-0.2, -0.15) is 5.10 Å². The second-order valence-electron chi connectivity index (χ2n) is 5.47. The molecule has 1 amide bonds. The average molecular weight is 303 g/mol. The third-order valence-electron chi connectivity index (χ3n) is 3.87. The minimum atomic E-state index is -0.230. The van der Waals surface area contributed by atoms with Gasteiger partial charge >= 0.3 is 0 Å². The molecule has 1 saturated heterocycles. The van der Waals surface area contributed by atoms with Crippen molar-refractivity contribution in [2.24, 2.45) is 0 Å². The third-order valence-corrected chi connectivity index (χ3v) is 3.87. The molecular weight excluding hydrogens is 285 g/mol. The number of benzene rings is 1. The zero-order valence-electron chi connectivity index (χ0n) is 12.4. The molecule has 2 aromatic rings. The fourth-order valence-corrected chi connectivity index (χ4v) is 2.60. The highest BCUT2D eigenvalue weighted by Gasteiger charge is 2.25. The summed E-state index contributed by atoms with van der Waals surface area (Å²) in [6, 6.07) is 6.73. The van der Waals surface area contributed by atoms with Gasteiger partial charge in [0.05, 0.1) is 19.6 Å². The lowest BCUT2D eigenvalue weighted by molar-refractivity contribution is -0.138. The predicted octanol–water partition coefficient (Wildman–Crippen LogP) is 2.00. The van der Waals surface area contributed by atoms with Crippen molar-refractivity contribution in [3.05, 3.63) is 53.1 Å². The lowest BCUT2D eigenvalue weighted by Gasteiger charge is -2.33. The van der Waals surface area contributed by atoms with Crippen LogP contribution in [0, 0.1) is 12.7 Å². The Hall–Kier alpha value is -2.21. The number of rotatable bonds is 3. The van der Waals surface area contributed by atoms with Gasteiger partial charge in [-0.15, -0.1) is 0 Å². The molecule has 1 N–H and O–H groups in total. The largest absolute Gasteiger partial charge is 0.370 e. The van der Waals surface area contributed by atoms with Gasteiger partial charge in [0, 0.05) is 18.4 Å². The molecule has 0 unspecified atom stereocenters. The highest BCUT2D eigenvalue weighted by molar-refractivity contribution is 5.78. The SMILES string of the molecule is Cc1cc([C@@H]2CN(C(=O)Cc3ccn[nH]3)CCO2)ccc1F. The van der Waals surface area contributed by atoms with Crippen molar-refractivity contribution in [2.75, 3.05) is 19.7 Å². The van der Waals surface area contributed by atoms with E-state index >= 15 is 0 Å². The number of aryl methyl sites for hydroxylation is 1. The normalized spacial score (nSPS) is 18.5. The van der Waals surface area contributed by atoms with Crippen molar-refractivity contribution in [3.63, 3.8) is 0 Å². The molecule has 1 aliphatic rings. The van der Waals surface area contributed by atoms with E-state index in [2.05, 4.69) is 10.2 Å². The van der Waals surface area contributed by atoms with E-state index in [9.17, 15) is 9.18 Å². The molecule has 1 aliphatic heterocycles. The zero-order valence-corrected chi connectivity index (χ0v) is 12.4. The van der Waals surface area contributed by atoms with E-state index in [4.69, 9.17) is 4.74 Å². The molecule has 22 heavy (non-hydrogen) atoms. The Morgan fingerprint density at radius 3 is 3.09 bits per heavy atom. The number of amides is 1. The Kier molecular flexibility index (Phi) is 4.20. The number of hydrogen-bond donors (Lipinski definition) is 1. The summed E-state index contributed by atoms with van der Waals surface area (Å²) in [5.74, 6) is -0.192. The molecule has 1 aromatic heterocycles. The first-order chi connectivity index (χ1) is 10.6. The van der Waals surface area contributed by atoms with E-state index in [-0.39, 0.29) is 17.8 Å². The summed E-state index contributed by atoms with van der Waals surface area (Å²) in [5, 5.41) is 6.64. The molecule has 0 saturated carbocycles. The Bertz CT molecular complexity index is 657. The minimum absolute atomic E-state index is 0.0383. The number of aromatic amines is 1. The molecule has 0 spiro atoms. The molecular formula is C16H18FN3O2. The van der Waals surface area contributed by atoms with Gasteiger partial charge in [0.2, 0.25) is 5.91 Å². The quantitative estimate of drug-likeness (QED) is 0.943. The minimum Gasteiger partial charge on any atom is -0.370 e. The molecule has 116 valence electrons. The van der Waals surface area contributed by atoms with E-state index in [1.165, 1.54) is 6.07 Å². The monoisotopic (exact) mass is 303 g/mol. The van der Waals surface area contributed by atoms with Crippen LogP contribution in [0.2, 0.25) is 0 Å². The zero-order chi connectivity index (χ0) is 15.5. The van der Waals surface area contributed by atoms with Crippen LogP contribution in [0.1, 0.15) is 22.9 Å². The van der Waals surface area contributed by atoms with Crippen LogP contribution in [0.5, 0.6) is 0 Å². The Morgan fingerprint density at radius 1 is 1.50 bits per heavy atom. The number of carbonyl (C=O) groups is 1. The number of nitrogens with zero attached hydrogens (tertiary/aromatic N) is 2. The molecule has 1 fully saturated rings. The summed E-state index contributed by atoms with van der Waals surface area (Å²) in [6.45, 7) is 3.26. The number of nitrogens with one attached hydrogen (secondary N) is 1. The van der Waals surface area contributed by atoms with Gasteiger partial charge < -0.3 is 9.64 Å². The second-order valence-corrected chi connectivity index (χ2v) is 5.47. The number of halogens is 1. The Balaban J connectivity index is 1.68. The van der Waals surface area contributed by atoms with Gasteiger partial charge in [-0.25, -0.2) is 4.39 Å². The summed E-state index contributed by atoms with van der Waals surface area (Å²) in [5.41, 5.74) is 2.28. The van der Waals surface area contributed by atoms with Crippen LogP contribution in [0.4, 0.5) is 4.39 Å². The lowest BCUT2D eigenvalue weighted by atomic mass is 10.0. The molecule has 0 bridgehead atoms. The number of morpholine rings is 1. The van der Waals surface area contributed by atoms with Crippen LogP contribution in [0.3, 0.4) is 0 Å². The van der Waals surface area contributed by atoms with Crippen LogP contribution < -0.4 is 0 Å². The maximum atomic E-state index is 13.4. The standard InChI is InChI=1S/C16H18FN3O2/c1-11-8-12(2-3-14(11)17)15-10-20(6-7-22-15)16(21)9-13-4-5-18-19-13/h2-5,8,15H,6-7,9-10H2,1H3,(H,18,19)/t15-/m0/s1. The summed E-state index contributed by atoms with van der Waals surface area (Å²) in [4.78, 5) is 14.1. The van der Waals surface area contributed by atoms with Crippen molar-refractivity contribution in [1.29, 1.82) is 0 Å². The van der Waals surface area contributed by atoms with Crippen molar-refractivity contribution >= 4 is 5.91 Å². The average Bonchev–Trinajstić information content (AvgIpc) is 3.03. The van der Waals surface area contributed by atoms with Gasteiger partial charge in [0.25, 0.3) is 0 Å². The van der Waals surface area contributed by atoms with Crippen molar-refractivity contribution in [3.8, 4) is 0 Å². The van der Waals surface area contributed by atoms with Gasteiger partial charge in [0.1, 0.15) is 11.9 Å². The Labute approximate surface area is 128 Å². The number of aromatic nitrogens is 2. The summed E-state index contributed by atoms with van der Waals surface area (Å²) >= 11 is 0. The van der Waals surface area contributed by atoms with Crippen LogP contribution in [0.15, 0.2) is 30.5 Å². The van der Waals surface area contributed by atoms with Crippen LogP contribution in [-0.2, 0) is 16.0 Å². The van der Waals surface area contributed by atoms with Crippen molar-refractivity contribution in [1.82, 2.24) is 15.1 Å². The summed E-state index contributed by atoms with van der Waals surface area (Å²) < 4.78 is 19.1. The Morgan fingerprint density at radius 2 is 2.36 bits per heavy atom. The predicted molar refractivity (Wildman–Crippen MR) is 78.7 cm³/mol. The number of H-pyrrole nitrogens is 1. The molecule has 6 heteroatoms. The summed E-state index contributed by atoms with van der Waals surface area (Å²) in [6.07, 6.45) is 1.72. The highest BCUT2D eigenvalue weighted by atomic mass is 19.1. The smallest absolute Gasteiger partial charge is 0.228 e. The molecule has 2 heterocycles. The molecule has 0 radical (unpaired) electrons. The summed E-state index contributed by atoms with van der Waals surface area (Å²) in [7, 11) is 0. The van der Waals surface area contributed by atoms with Crippen LogP contribution in [-0.4, -0.2) is 40.7 Å². The highest BCUT2D eigenvalue weighted by Crippen LogP contribution is 2.24. The lowest BCUT2D eigenvalue weighted by Crippen LogP contribution is -2.43. The van der Waals surface area contributed by atoms with E-state index in [0.29, 0.717) is 31.7 Å². The number of ether oxygens (including phenoxy) is 1. The van der Waals surface area contributed by atoms with Gasteiger partial charge in [-0.3, -0.25) is 9.89 Å². The fraction of sp³-hybridized carbons (Fsp3) is 0.375. The van der Waals surface area contributed by atoms with E-state index < -0.39 is 0 Å². The number of hydrogen-bond acceptors (Lipinski definition) is 3. The van der Waals surface area contributed by atoms with E-state index in [0.717, 1.165) is 11.3 Å². The van der Waals surface area contributed by atoms with Crippen LogP contribution in [0.25, 0.3) is 0 Å².